The molecule has 0 nitrogen and oxygen atoms in total. The summed E-state index contributed by atoms with van der Waals surface area (Å²) >= 11 is 7.71. The number of aryl methyl sites for hydroxylation is 6. The van der Waals surface area contributed by atoms with E-state index in [9.17, 15) is 0 Å². The van der Waals surface area contributed by atoms with Gasteiger partial charge in [0.25, 0.3) is 0 Å². The molecular formula is C22H22S4. The summed E-state index contributed by atoms with van der Waals surface area (Å²) in [6, 6.07) is 9.39. The Morgan fingerprint density at radius 1 is 0.423 bits per heavy atom. The molecule has 4 heterocycles. The van der Waals surface area contributed by atoms with Crippen LogP contribution in [0.4, 0.5) is 0 Å². The molecule has 0 aliphatic heterocycles. The number of hydrogen-bond donors (Lipinski definition) is 0. The standard InChI is InChI=1S/C22H22S4/c1-11-7-17(23-15(11)5)19-9-13(3)21(25-19)22-14(4)10-20(26-22)18-8-12(2)16(6)24-18/h7-10H,1-6H3. The fourth-order valence-electron chi connectivity index (χ4n) is 3.05. The number of thiophene rings is 4. The van der Waals surface area contributed by atoms with Crippen LogP contribution in [0.1, 0.15) is 32.0 Å². The Bertz CT molecular complexity index is 970. The minimum absolute atomic E-state index is 1.39. The zero-order chi connectivity index (χ0) is 18.6. The van der Waals surface area contributed by atoms with Gasteiger partial charge in [-0.2, -0.15) is 0 Å². The second-order valence-corrected chi connectivity index (χ2v) is 11.6. The number of rotatable bonds is 3. The van der Waals surface area contributed by atoms with E-state index in [4.69, 9.17) is 0 Å². The van der Waals surface area contributed by atoms with Crippen molar-refractivity contribution in [2.24, 2.45) is 0 Å². The second kappa shape index (κ2) is 6.75. The van der Waals surface area contributed by atoms with Gasteiger partial charge in [0.2, 0.25) is 0 Å². The van der Waals surface area contributed by atoms with Crippen molar-refractivity contribution >= 4 is 45.3 Å². The molecule has 0 bridgehead atoms. The average molecular weight is 415 g/mol. The Labute approximate surface area is 171 Å². The largest absolute Gasteiger partial charge is 0.139 e. The van der Waals surface area contributed by atoms with Gasteiger partial charge < -0.3 is 0 Å². The van der Waals surface area contributed by atoms with Crippen LogP contribution < -0.4 is 0 Å². The Kier molecular flexibility index (Phi) is 4.72. The van der Waals surface area contributed by atoms with Gasteiger partial charge in [0.05, 0.1) is 0 Å². The maximum absolute atomic E-state index is 2.36. The van der Waals surface area contributed by atoms with E-state index in [1.54, 1.807) is 0 Å². The van der Waals surface area contributed by atoms with Gasteiger partial charge in [0.1, 0.15) is 0 Å². The average Bonchev–Trinajstić information content (AvgIpc) is 3.30. The van der Waals surface area contributed by atoms with Crippen LogP contribution in [0.3, 0.4) is 0 Å². The van der Waals surface area contributed by atoms with Crippen LogP contribution in [-0.2, 0) is 0 Å². The van der Waals surface area contributed by atoms with Gasteiger partial charge in [-0.3, -0.25) is 0 Å². The van der Waals surface area contributed by atoms with E-state index in [1.165, 1.54) is 61.3 Å². The van der Waals surface area contributed by atoms with Crippen molar-refractivity contribution in [3.05, 3.63) is 56.3 Å². The molecule has 0 radical (unpaired) electrons. The molecule has 134 valence electrons. The monoisotopic (exact) mass is 414 g/mol. The molecular weight excluding hydrogens is 393 g/mol. The lowest BCUT2D eigenvalue weighted by atomic mass is 10.2. The molecule has 4 aromatic heterocycles. The van der Waals surface area contributed by atoms with Gasteiger partial charge in [-0.25, -0.2) is 0 Å². The highest BCUT2D eigenvalue weighted by Gasteiger charge is 2.17. The van der Waals surface area contributed by atoms with E-state index in [2.05, 4.69) is 65.8 Å². The zero-order valence-electron chi connectivity index (χ0n) is 15.9. The third kappa shape index (κ3) is 3.13. The lowest BCUT2D eigenvalue weighted by Crippen LogP contribution is -1.72. The van der Waals surface area contributed by atoms with Crippen molar-refractivity contribution in [3.63, 3.8) is 0 Å². The van der Waals surface area contributed by atoms with Crippen LogP contribution in [0, 0.1) is 41.5 Å². The molecule has 0 fully saturated rings. The predicted molar refractivity (Wildman–Crippen MR) is 123 cm³/mol. The first-order valence-electron chi connectivity index (χ1n) is 8.69. The molecule has 0 amide bonds. The van der Waals surface area contributed by atoms with Gasteiger partial charge in [0.15, 0.2) is 0 Å². The molecule has 26 heavy (non-hydrogen) atoms. The van der Waals surface area contributed by atoms with Crippen LogP contribution in [0.25, 0.3) is 29.3 Å². The molecule has 0 N–H and O–H groups in total. The van der Waals surface area contributed by atoms with Crippen LogP contribution in [-0.4, -0.2) is 0 Å². The Hall–Kier alpha value is -1.20. The van der Waals surface area contributed by atoms with Crippen molar-refractivity contribution in [2.45, 2.75) is 41.5 Å². The van der Waals surface area contributed by atoms with E-state index in [1.807, 2.05) is 45.3 Å². The Morgan fingerprint density at radius 2 is 0.731 bits per heavy atom. The van der Waals surface area contributed by atoms with Gasteiger partial charge in [0, 0.05) is 39.0 Å². The quantitative estimate of drug-likeness (QED) is 0.314. The van der Waals surface area contributed by atoms with Crippen LogP contribution >= 0.6 is 45.3 Å². The topological polar surface area (TPSA) is 0 Å². The minimum atomic E-state index is 1.39. The molecule has 4 rings (SSSR count). The highest BCUT2D eigenvalue weighted by atomic mass is 32.1. The van der Waals surface area contributed by atoms with Crippen molar-refractivity contribution in [2.75, 3.05) is 0 Å². The van der Waals surface area contributed by atoms with Gasteiger partial charge in [-0.1, -0.05) is 0 Å². The zero-order valence-corrected chi connectivity index (χ0v) is 19.2. The highest BCUT2D eigenvalue weighted by molar-refractivity contribution is 7.28. The van der Waals surface area contributed by atoms with E-state index < -0.39 is 0 Å². The molecule has 0 unspecified atom stereocenters. The van der Waals surface area contributed by atoms with Crippen LogP contribution in [0.15, 0.2) is 24.3 Å². The maximum Gasteiger partial charge on any atom is 0.0481 e. The van der Waals surface area contributed by atoms with Gasteiger partial charge in [-0.05, 0) is 88.1 Å². The van der Waals surface area contributed by atoms with E-state index >= 15 is 0 Å². The van der Waals surface area contributed by atoms with Crippen molar-refractivity contribution in [3.8, 4) is 29.3 Å². The summed E-state index contributed by atoms with van der Waals surface area (Å²) in [5.74, 6) is 0. The summed E-state index contributed by atoms with van der Waals surface area (Å²) in [4.78, 5) is 11.3. The Balaban J connectivity index is 1.76. The third-order valence-corrected chi connectivity index (χ3v) is 10.2. The first kappa shape index (κ1) is 18.2. The minimum Gasteiger partial charge on any atom is -0.139 e. The normalized spacial score (nSPS) is 11.5. The molecule has 0 aliphatic carbocycles. The Morgan fingerprint density at radius 3 is 1.04 bits per heavy atom. The molecule has 0 aromatic carbocycles. The first-order chi connectivity index (χ1) is 12.3. The molecule has 4 aromatic rings. The third-order valence-electron chi connectivity index (χ3n) is 4.86. The molecule has 0 aliphatic rings. The summed E-state index contributed by atoms with van der Waals surface area (Å²) in [7, 11) is 0. The smallest absolute Gasteiger partial charge is 0.0481 e. The van der Waals surface area contributed by atoms with E-state index in [0.717, 1.165) is 0 Å². The first-order valence-corrected chi connectivity index (χ1v) is 12.0. The van der Waals surface area contributed by atoms with Crippen LogP contribution in [0.2, 0.25) is 0 Å². The van der Waals surface area contributed by atoms with E-state index in [0.29, 0.717) is 0 Å². The summed E-state index contributed by atoms with van der Waals surface area (Å²) in [6.07, 6.45) is 0. The van der Waals surface area contributed by atoms with Gasteiger partial charge in [-0.15, -0.1) is 45.3 Å². The molecule has 0 saturated heterocycles. The maximum atomic E-state index is 2.36. The van der Waals surface area contributed by atoms with Crippen molar-refractivity contribution < 1.29 is 0 Å². The van der Waals surface area contributed by atoms with E-state index in [-0.39, 0.29) is 0 Å². The fourth-order valence-corrected chi connectivity index (χ4v) is 7.86. The summed E-state index contributed by atoms with van der Waals surface area (Å²) in [6.45, 7) is 13.3. The lowest BCUT2D eigenvalue weighted by Gasteiger charge is -1.97. The molecule has 0 spiro atoms. The predicted octanol–water partition coefficient (Wildman–Crippen LogP) is 8.78. The molecule has 4 heteroatoms. The number of hydrogen-bond acceptors (Lipinski definition) is 4. The van der Waals surface area contributed by atoms with Crippen molar-refractivity contribution in [1.82, 2.24) is 0 Å². The molecule has 0 atom stereocenters. The second-order valence-electron chi connectivity index (χ2n) is 6.95. The SMILES string of the molecule is Cc1cc(-c2cc(C)c(-c3sc(-c4cc(C)c(C)s4)cc3C)s2)sc1C. The fraction of sp³-hybridized carbons (Fsp3) is 0.273. The summed E-state index contributed by atoms with van der Waals surface area (Å²) in [5, 5.41) is 0. The lowest BCUT2D eigenvalue weighted by molar-refractivity contribution is 1.44. The summed E-state index contributed by atoms with van der Waals surface area (Å²) in [5.41, 5.74) is 5.58. The summed E-state index contributed by atoms with van der Waals surface area (Å²) < 4.78 is 0. The van der Waals surface area contributed by atoms with Gasteiger partial charge >= 0.3 is 0 Å². The van der Waals surface area contributed by atoms with Crippen LogP contribution in [0.5, 0.6) is 0 Å². The molecule has 0 saturated carbocycles. The highest BCUT2D eigenvalue weighted by Crippen LogP contribution is 2.47. The van der Waals surface area contributed by atoms with Crippen molar-refractivity contribution in [1.29, 1.82) is 0 Å².